The number of benzene rings is 1. The van der Waals surface area contributed by atoms with Crippen molar-refractivity contribution in [3.63, 3.8) is 0 Å². The Labute approximate surface area is 142 Å². The van der Waals surface area contributed by atoms with Crippen LogP contribution in [0.3, 0.4) is 0 Å². The molecule has 1 aromatic carbocycles. The number of nitrogens with one attached hydrogen (secondary N) is 2. The Hall–Kier alpha value is -1.14. The first-order valence-electron chi connectivity index (χ1n) is 8.29. The smallest absolute Gasteiger partial charge is 0.237 e. The second-order valence-electron chi connectivity index (χ2n) is 6.54. The molecule has 3 N–H and O–H groups in total. The van der Waals surface area contributed by atoms with Gasteiger partial charge in [0.05, 0.1) is 12.1 Å². The molecule has 6 heteroatoms. The molecule has 0 saturated carbocycles. The zero-order valence-electron chi connectivity index (χ0n) is 13.2. The normalized spacial score (nSPS) is 26.3. The molecule has 0 radical (unpaired) electrons. The second kappa shape index (κ2) is 7.62. The molecular formula is C17H24ClN3O2. The number of carbonyl (C=O) groups is 1. The molecule has 0 aromatic heterocycles. The van der Waals surface area contributed by atoms with Gasteiger partial charge >= 0.3 is 0 Å². The highest BCUT2D eigenvalue weighted by Gasteiger charge is 2.30. The lowest BCUT2D eigenvalue weighted by Crippen LogP contribution is -2.49. The first kappa shape index (κ1) is 16.7. The standard InChI is InChI=1S/C17H24ClN3O2/c18-13-3-1-12(2-4-13)11-21-7-5-14(6-8-21)20-17(23)16-9-15(22)10-19-16/h1-4,14-16,19,22H,5-11H2,(H,20,23)/t15-,16-/m1/s1. The number of hydrogen-bond acceptors (Lipinski definition) is 4. The van der Waals surface area contributed by atoms with E-state index in [0.717, 1.165) is 37.5 Å². The van der Waals surface area contributed by atoms with E-state index in [1.54, 1.807) is 0 Å². The maximum absolute atomic E-state index is 12.2. The van der Waals surface area contributed by atoms with Crippen molar-refractivity contribution in [3.8, 4) is 0 Å². The Morgan fingerprint density at radius 1 is 1.30 bits per heavy atom. The minimum Gasteiger partial charge on any atom is -0.392 e. The molecule has 23 heavy (non-hydrogen) atoms. The van der Waals surface area contributed by atoms with Crippen LogP contribution in [0.5, 0.6) is 0 Å². The second-order valence-corrected chi connectivity index (χ2v) is 6.97. The van der Waals surface area contributed by atoms with Gasteiger partial charge in [-0.1, -0.05) is 23.7 Å². The van der Waals surface area contributed by atoms with E-state index < -0.39 is 6.10 Å². The summed E-state index contributed by atoms with van der Waals surface area (Å²) in [4.78, 5) is 14.6. The lowest BCUT2D eigenvalue weighted by molar-refractivity contribution is -0.124. The van der Waals surface area contributed by atoms with E-state index in [1.807, 2.05) is 12.1 Å². The van der Waals surface area contributed by atoms with E-state index >= 15 is 0 Å². The molecule has 2 saturated heterocycles. The molecule has 0 unspecified atom stereocenters. The number of aliphatic hydroxyl groups excluding tert-OH is 1. The van der Waals surface area contributed by atoms with Crippen LogP contribution >= 0.6 is 11.6 Å². The van der Waals surface area contributed by atoms with Crippen molar-refractivity contribution >= 4 is 17.5 Å². The molecule has 2 aliphatic rings. The molecule has 2 heterocycles. The highest BCUT2D eigenvalue weighted by Crippen LogP contribution is 2.16. The molecule has 3 rings (SSSR count). The van der Waals surface area contributed by atoms with Gasteiger partial charge in [0.2, 0.25) is 5.91 Å². The Morgan fingerprint density at radius 3 is 2.61 bits per heavy atom. The third-order valence-electron chi connectivity index (χ3n) is 4.68. The van der Waals surface area contributed by atoms with Crippen LogP contribution in [0.15, 0.2) is 24.3 Å². The van der Waals surface area contributed by atoms with E-state index in [4.69, 9.17) is 11.6 Å². The van der Waals surface area contributed by atoms with E-state index in [0.29, 0.717) is 13.0 Å². The molecule has 1 aromatic rings. The van der Waals surface area contributed by atoms with Gasteiger partial charge in [-0.3, -0.25) is 9.69 Å². The van der Waals surface area contributed by atoms with Crippen LogP contribution < -0.4 is 10.6 Å². The zero-order valence-corrected chi connectivity index (χ0v) is 13.9. The minimum atomic E-state index is -0.396. The third kappa shape index (κ3) is 4.67. The van der Waals surface area contributed by atoms with E-state index in [9.17, 15) is 9.90 Å². The van der Waals surface area contributed by atoms with Crippen molar-refractivity contribution < 1.29 is 9.90 Å². The average Bonchev–Trinajstić information content (AvgIpc) is 2.98. The van der Waals surface area contributed by atoms with Crippen molar-refractivity contribution in [3.05, 3.63) is 34.9 Å². The number of β-amino-alcohol motifs (C(OH)–C–C–N with tert-alkyl or cyclic N) is 1. The van der Waals surface area contributed by atoms with Crippen LogP contribution in [-0.4, -0.2) is 53.7 Å². The van der Waals surface area contributed by atoms with Gasteiger partial charge in [-0.2, -0.15) is 0 Å². The number of rotatable bonds is 4. The van der Waals surface area contributed by atoms with Gasteiger partial charge in [-0.05, 0) is 37.0 Å². The largest absolute Gasteiger partial charge is 0.392 e. The first-order valence-corrected chi connectivity index (χ1v) is 8.66. The van der Waals surface area contributed by atoms with Crippen LogP contribution in [0.2, 0.25) is 5.02 Å². The van der Waals surface area contributed by atoms with Gasteiger partial charge < -0.3 is 15.7 Å². The molecular weight excluding hydrogens is 314 g/mol. The maximum Gasteiger partial charge on any atom is 0.237 e. The fourth-order valence-electron chi connectivity index (χ4n) is 3.30. The number of piperidine rings is 1. The molecule has 0 aliphatic carbocycles. The van der Waals surface area contributed by atoms with Crippen molar-refractivity contribution in [2.45, 2.75) is 44.0 Å². The molecule has 2 atom stereocenters. The SMILES string of the molecule is O=C(NC1CCN(Cc2ccc(Cl)cc2)CC1)[C@H]1C[C@@H](O)CN1. The number of amides is 1. The van der Waals surface area contributed by atoms with Crippen molar-refractivity contribution in [2.24, 2.45) is 0 Å². The molecule has 2 fully saturated rings. The highest BCUT2D eigenvalue weighted by atomic mass is 35.5. The van der Waals surface area contributed by atoms with Crippen LogP contribution in [0.4, 0.5) is 0 Å². The predicted molar refractivity (Wildman–Crippen MR) is 90.3 cm³/mol. The van der Waals surface area contributed by atoms with E-state index in [-0.39, 0.29) is 18.0 Å². The fraction of sp³-hybridized carbons (Fsp3) is 0.588. The lowest BCUT2D eigenvalue weighted by Gasteiger charge is -2.32. The molecule has 126 valence electrons. The van der Waals surface area contributed by atoms with Crippen LogP contribution in [-0.2, 0) is 11.3 Å². The zero-order chi connectivity index (χ0) is 16.2. The molecule has 1 amide bonds. The first-order chi connectivity index (χ1) is 11.1. The van der Waals surface area contributed by atoms with E-state index in [1.165, 1.54) is 5.56 Å². The van der Waals surface area contributed by atoms with Crippen LogP contribution in [0, 0.1) is 0 Å². The number of aliphatic hydroxyl groups is 1. The Bertz CT molecular complexity index is 529. The van der Waals surface area contributed by atoms with Gasteiger partial charge in [0.25, 0.3) is 0 Å². The summed E-state index contributed by atoms with van der Waals surface area (Å²) in [6.07, 6.45) is 2.05. The van der Waals surface area contributed by atoms with Gasteiger partial charge in [0, 0.05) is 37.2 Å². The number of likely N-dealkylation sites (tertiary alicyclic amines) is 1. The number of nitrogens with zero attached hydrogens (tertiary/aromatic N) is 1. The summed E-state index contributed by atoms with van der Waals surface area (Å²) in [5, 5.41) is 16.4. The number of hydrogen-bond donors (Lipinski definition) is 3. The summed E-state index contributed by atoms with van der Waals surface area (Å²) in [5.41, 5.74) is 1.26. The van der Waals surface area contributed by atoms with Crippen LogP contribution in [0.25, 0.3) is 0 Å². The van der Waals surface area contributed by atoms with Gasteiger partial charge in [0.15, 0.2) is 0 Å². The monoisotopic (exact) mass is 337 g/mol. The van der Waals surface area contributed by atoms with E-state index in [2.05, 4.69) is 27.7 Å². The van der Waals surface area contributed by atoms with Gasteiger partial charge in [-0.15, -0.1) is 0 Å². The van der Waals surface area contributed by atoms with Gasteiger partial charge in [-0.25, -0.2) is 0 Å². The maximum atomic E-state index is 12.2. The molecule has 5 nitrogen and oxygen atoms in total. The van der Waals surface area contributed by atoms with Gasteiger partial charge in [0.1, 0.15) is 0 Å². The Kier molecular flexibility index (Phi) is 5.54. The molecule has 0 bridgehead atoms. The number of halogens is 1. The summed E-state index contributed by atoms with van der Waals surface area (Å²) in [6.45, 7) is 3.40. The average molecular weight is 338 g/mol. The molecule has 2 aliphatic heterocycles. The Morgan fingerprint density at radius 2 is 2.00 bits per heavy atom. The number of carbonyl (C=O) groups excluding carboxylic acids is 1. The summed E-state index contributed by atoms with van der Waals surface area (Å²) >= 11 is 5.91. The summed E-state index contributed by atoms with van der Waals surface area (Å²) in [5.74, 6) is 0.0256. The van der Waals surface area contributed by atoms with Crippen molar-refractivity contribution in [2.75, 3.05) is 19.6 Å². The van der Waals surface area contributed by atoms with Crippen molar-refractivity contribution in [1.29, 1.82) is 0 Å². The quantitative estimate of drug-likeness (QED) is 0.771. The van der Waals surface area contributed by atoms with Crippen molar-refractivity contribution in [1.82, 2.24) is 15.5 Å². The molecule has 0 spiro atoms. The van der Waals surface area contributed by atoms with Crippen LogP contribution in [0.1, 0.15) is 24.8 Å². The summed E-state index contributed by atoms with van der Waals surface area (Å²) < 4.78 is 0. The predicted octanol–water partition coefficient (Wildman–Crippen LogP) is 1.14. The topological polar surface area (TPSA) is 64.6 Å². The summed E-state index contributed by atoms with van der Waals surface area (Å²) in [7, 11) is 0. The highest BCUT2D eigenvalue weighted by molar-refractivity contribution is 6.30. The fourth-order valence-corrected chi connectivity index (χ4v) is 3.43. The lowest BCUT2D eigenvalue weighted by atomic mass is 10.0. The third-order valence-corrected chi connectivity index (χ3v) is 4.93. The Balaban J connectivity index is 1.41. The minimum absolute atomic E-state index is 0.0256. The summed E-state index contributed by atoms with van der Waals surface area (Å²) in [6, 6.07) is 7.97.